The Morgan fingerprint density at radius 3 is 1.12 bits per heavy atom. The van der Waals surface area contributed by atoms with Crippen LogP contribution in [-0.2, 0) is 10.8 Å². The van der Waals surface area contributed by atoms with Gasteiger partial charge in [-0.2, -0.15) is 0 Å². The van der Waals surface area contributed by atoms with E-state index in [0.29, 0.717) is 0 Å². The number of pyridine rings is 1. The molecule has 2 spiro atoms. The van der Waals surface area contributed by atoms with E-state index in [2.05, 4.69) is 259 Å². The Morgan fingerprint density at radius 1 is 0.310 bits per heavy atom. The number of rotatable bonds is 6. The number of nitrogens with zero attached hydrogens (tertiary/aromatic N) is 4. The molecule has 3 heterocycles. The standard InChI is InChI=1S/C80H50N4/c1-5-19-67-59(15-1)60-16-2-6-20-68(60)79(67)71-43-53(33-37-63(71)65-39-35-55(45-73(65)79)57-13-11-41-81-47-57)49-25-29-51(30-26-49)77-78(84-76-24-10-9-23-75(76)83-77)52-31-27-50(28-32-52)54-34-38-64-66-40-36-56(58-14-12-42-82-48-58)46-74(66)80(72(64)44-54)69-21-7-3-17-61(69)62-18-4-8-22-70(62)80/h1-13,15-48,58H,14H2. The zero-order chi connectivity index (χ0) is 55.1. The highest BCUT2D eigenvalue weighted by Crippen LogP contribution is 2.65. The number of aromatic nitrogens is 3. The van der Waals surface area contributed by atoms with Crippen molar-refractivity contribution in [2.24, 2.45) is 4.99 Å². The third-order valence-electron chi connectivity index (χ3n) is 19.0. The van der Waals surface area contributed by atoms with Crippen molar-refractivity contribution in [3.8, 4) is 100 Å². The molecular formula is C80H50N4. The van der Waals surface area contributed by atoms with Crippen LogP contribution in [0, 0.1) is 0 Å². The van der Waals surface area contributed by atoms with E-state index in [0.717, 1.165) is 62.2 Å². The Labute approximate surface area is 487 Å². The second-order valence-electron chi connectivity index (χ2n) is 23.1. The summed E-state index contributed by atoms with van der Waals surface area (Å²) in [4.78, 5) is 19.9. The van der Waals surface area contributed by atoms with Gasteiger partial charge < -0.3 is 0 Å². The molecule has 2 aromatic heterocycles. The molecule has 1 atom stereocenters. The molecular weight excluding hydrogens is 1020 g/mol. The summed E-state index contributed by atoms with van der Waals surface area (Å²) >= 11 is 0. The first-order valence-electron chi connectivity index (χ1n) is 29.2. The van der Waals surface area contributed by atoms with Crippen molar-refractivity contribution in [1.82, 2.24) is 15.0 Å². The average Bonchev–Trinajstić information content (AvgIpc) is 1.70. The fraction of sp³-hybridized carbons (Fsp3) is 0.0500. The van der Waals surface area contributed by atoms with E-state index >= 15 is 0 Å². The summed E-state index contributed by atoms with van der Waals surface area (Å²) in [5.74, 6) is 0.237. The molecule has 0 radical (unpaired) electrons. The van der Waals surface area contributed by atoms with Crippen molar-refractivity contribution in [1.29, 1.82) is 0 Å². The van der Waals surface area contributed by atoms with Crippen LogP contribution in [0.15, 0.2) is 284 Å². The molecule has 0 saturated carbocycles. The Morgan fingerprint density at radius 2 is 0.690 bits per heavy atom. The second kappa shape index (κ2) is 17.9. The molecule has 0 N–H and O–H groups in total. The van der Waals surface area contributed by atoms with Gasteiger partial charge in [-0.05, 0) is 171 Å². The minimum Gasteiger partial charge on any atom is -0.269 e. The van der Waals surface area contributed by atoms with Gasteiger partial charge in [-0.25, -0.2) is 9.97 Å². The zero-order valence-corrected chi connectivity index (χ0v) is 45.7. The minimum absolute atomic E-state index is 0.237. The molecule has 4 heteroatoms. The molecule has 4 aliphatic carbocycles. The van der Waals surface area contributed by atoms with E-state index in [1.54, 1.807) is 0 Å². The number of allylic oxidation sites excluding steroid dienone is 1. The topological polar surface area (TPSA) is 51.0 Å². The molecule has 1 unspecified atom stereocenters. The van der Waals surface area contributed by atoms with Gasteiger partial charge in [0.1, 0.15) is 0 Å². The first kappa shape index (κ1) is 47.0. The van der Waals surface area contributed by atoms with Gasteiger partial charge in [0.05, 0.1) is 33.3 Å². The van der Waals surface area contributed by atoms with Gasteiger partial charge in [-0.1, -0.05) is 224 Å². The van der Waals surface area contributed by atoms with Gasteiger partial charge in [0, 0.05) is 41.9 Å². The number of fused-ring (bicyclic) bond motifs is 21. The Bertz CT molecular complexity index is 4900. The predicted octanol–water partition coefficient (Wildman–Crippen LogP) is 19.1. The lowest BCUT2D eigenvalue weighted by Crippen LogP contribution is -2.26. The van der Waals surface area contributed by atoms with Crippen LogP contribution in [0.25, 0.3) is 111 Å². The van der Waals surface area contributed by atoms with Crippen molar-refractivity contribution in [3.05, 3.63) is 330 Å². The summed E-state index contributed by atoms with van der Waals surface area (Å²) in [5, 5.41) is 0. The number of hydrogen-bond acceptors (Lipinski definition) is 4. The van der Waals surface area contributed by atoms with Crippen molar-refractivity contribution in [2.75, 3.05) is 0 Å². The number of benzene rings is 11. The minimum atomic E-state index is -0.493. The summed E-state index contributed by atoms with van der Waals surface area (Å²) in [7, 11) is 0. The molecule has 390 valence electrons. The van der Waals surface area contributed by atoms with Crippen LogP contribution < -0.4 is 0 Å². The Kier molecular flexibility index (Phi) is 10.0. The Hall–Kier alpha value is -10.7. The molecule has 1 aliphatic heterocycles. The van der Waals surface area contributed by atoms with E-state index in [-0.39, 0.29) is 5.92 Å². The first-order valence-corrected chi connectivity index (χ1v) is 29.2. The maximum Gasteiger partial charge on any atom is 0.0973 e. The van der Waals surface area contributed by atoms with E-state index in [4.69, 9.17) is 9.97 Å². The second-order valence-corrected chi connectivity index (χ2v) is 23.1. The maximum atomic E-state index is 5.39. The van der Waals surface area contributed by atoms with Gasteiger partial charge in [-0.15, -0.1) is 0 Å². The van der Waals surface area contributed by atoms with Crippen molar-refractivity contribution < 1.29 is 0 Å². The summed E-state index contributed by atoms with van der Waals surface area (Å²) < 4.78 is 0. The van der Waals surface area contributed by atoms with Crippen LogP contribution in [0.3, 0.4) is 0 Å². The van der Waals surface area contributed by atoms with Crippen LogP contribution >= 0.6 is 0 Å². The quantitative estimate of drug-likeness (QED) is 0.167. The van der Waals surface area contributed by atoms with Crippen molar-refractivity contribution >= 4 is 17.2 Å². The fourth-order valence-electron chi connectivity index (χ4n) is 15.3. The van der Waals surface area contributed by atoms with Crippen LogP contribution in [0.2, 0.25) is 0 Å². The molecule has 0 amide bonds. The van der Waals surface area contributed by atoms with Crippen LogP contribution in [0.5, 0.6) is 0 Å². The SMILES string of the molecule is C1=CN=CC(c2ccc3c(c2)C2(c4ccccc4-c4ccccc42)c2cc(-c4ccc(-c5nc6ccccc6nc5-c5ccc(-c6ccc7c(c6)C6(c8ccccc8-c8ccccc86)c6cc(-c8cccnc8)ccc6-7)cc5)cc4)ccc2-3)C1. The smallest absolute Gasteiger partial charge is 0.0973 e. The molecule has 0 fully saturated rings. The Balaban J connectivity index is 0.725. The molecule has 0 saturated heterocycles. The summed E-state index contributed by atoms with van der Waals surface area (Å²) in [5.41, 5.74) is 33.6. The van der Waals surface area contributed by atoms with Crippen LogP contribution in [0.1, 0.15) is 62.4 Å². The molecule has 13 aromatic rings. The third-order valence-corrected chi connectivity index (χ3v) is 19.0. The largest absolute Gasteiger partial charge is 0.269 e. The fourth-order valence-corrected chi connectivity index (χ4v) is 15.3. The third kappa shape index (κ3) is 6.53. The van der Waals surface area contributed by atoms with E-state index in [1.165, 1.54) is 106 Å². The van der Waals surface area contributed by atoms with E-state index < -0.39 is 10.8 Å². The first-order chi connectivity index (χ1) is 41.6. The highest BCUT2D eigenvalue weighted by molar-refractivity contribution is 5.99. The number of hydrogen-bond donors (Lipinski definition) is 0. The summed E-state index contributed by atoms with van der Waals surface area (Å²) in [6.07, 6.45) is 11.0. The molecule has 11 aromatic carbocycles. The van der Waals surface area contributed by atoms with Gasteiger partial charge >= 0.3 is 0 Å². The lowest BCUT2D eigenvalue weighted by Gasteiger charge is -2.31. The normalized spacial score (nSPS) is 15.3. The predicted molar refractivity (Wildman–Crippen MR) is 342 cm³/mol. The number of aliphatic imine (C=N–C) groups is 1. The highest BCUT2D eigenvalue weighted by Gasteiger charge is 2.53. The summed E-state index contributed by atoms with van der Waals surface area (Å²) in [6, 6.07) is 95.0. The van der Waals surface area contributed by atoms with Crippen molar-refractivity contribution in [3.63, 3.8) is 0 Å². The molecule has 0 bridgehead atoms. The van der Waals surface area contributed by atoms with Crippen LogP contribution in [0.4, 0.5) is 0 Å². The van der Waals surface area contributed by atoms with Gasteiger partial charge in [0.25, 0.3) is 0 Å². The van der Waals surface area contributed by atoms with E-state index in [1.807, 2.05) is 36.8 Å². The van der Waals surface area contributed by atoms with Crippen LogP contribution in [-0.4, -0.2) is 21.2 Å². The monoisotopic (exact) mass is 1070 g/mol. The zero-order valence-electron chi connectivity index (χ0n) is 45.7. The van der Waals surface area contributed by atoms with Crippen molar-refractivity contribution in [2.45, 2.75) is 23.2 Å². The molecule has 18 rings (SSSR count). The van der Waals surface area contributed by atoms with Gasteiger partial charge in [-0.3, -0.25) is 9.98 Å². The van der Waals surface area contributed by atoms with Gasteiger partial charge in [0.2, 0.25) is 0 Å². The lowest BCUT2D eigenvalue weighted by atomic mass is 9.69. The molecule has 5 aliphatic rings. The molecule has 84 heavy (non-hydrogen) atoms. The molecule has 4 nitrogen and oxygen atoms in total. The summed E-state index contributed by atoms with van der Waals surface area (Å²) in [6.45, 7) is 0. The number of para-hydroxylation sites is 2. The highest BCUT2D eigenvalue weighted by atomic mass is 14.8. The lowest BCUT2D eigenvalue weighted by molar-refractivity contribution is 0.788. The average molecular weight is 1070 g/mol. The maximum absolute atomic E-state index is 5.39. The van der Waals surface area contributed by atoms with Gasteiger partial charge in [0.15, 0.2) is 0 Å². The van der Waals surface area contributed by atoms with E-state index in [9.17, 15) is 0 Å².